The lowest BCUT2D eigenvalue weighted by molar-refractivity contribution is 0.749. The fourth-order valence-corrected chi connectivity index (χ4v) is 1.30. The molecule has 0 aliphatic rings. The third-order valence-corrected chi connectivity index (χ3v) is 1.99. The first kappa shape index (κ1) is 9.01. The van der Waals surface area contributed by atoms with E-state index in [1.54, 1.807) is 0 Å². The molecule has 0 aromatic heterocycles. The number of hydrogen-bond acceptors (Lipinski definition) is 1. The Balaban J connectivity index is 2.73. The normalized spacial score (nSPS) is 12.4. The molecule has 0 spiro atoms. The van der Waals surface area contributed by atoms with Gasteiger partial charge >= 0.3 is 0 Å². The van der Waals surface area contributed by atoms with Gasteiger partial charge in [-0.3, -0.25) is 0 Å². The van der Waals surface area contributed by atoms with Gasteiger partial charge < -0.3 is 5.73 Å². The third-order valence-electron chi connectivity index (χ3n) is 1.99. The van der Waals surface area contributed by atoms with Crippen LogP contribution < -0.4 is 5.73 Å². The smallest absolute Gasteiger partial charge is 0.00272 e. The van der Waals surface area contributed by atoms with Crippen molar-refractivity contribution in [3.05, 3.63) is 48.6 Å². The Kier molecular flexibility index (Phi) is 3.55. The van der Waals surface area contributed by atoms with E-state index in [0.717, 1.165) is 6.42 Å². The molecule has 1 aromatic rings. The Morgan fingerprint density at radius 3 is 2.50 bits per heavy atom. The van der Waals surface area contributed by atoms with Gasteiger partial charge in [-0.2, -0.15) is 0 Å². The van der Waals surface area contributed by atoms with Crippen molar-refractivity contribution in [2.24, 2.45) is 5.73 Å². The summed E-state index contributed by atoms with van der Waals surface area (Å²) in [5.41, 5.74) is 6.80. The summed E-state index contributed by atoms with van der Waals surface area (Å²) < 4.78 is 0. The molecule has 1 atom stereocenters. The number of nitrogens with two attached hydrogens (primary N) is 1. The fraction of sp³-hybridized carbons (Fsp3) is 0.273. The molecule has 64 valence electrons. The van der Waals surface area contributed by atoms with E-state index in [-0.39, 0.29) is 0 Å². The van der Waals surface area contributed by atoms with Crippen LogP contribution >= 0.6 is 0 Å². The lowest BCUT2D eigenvalue weighted by atomic mass is 9.96. The van der Waals surface area contributed by atoms with Gasteiger partial charge in [-0.25, -0.2) is 0 Å². The van der Waals surface area contributed by atoms with Crippen LogP contribution in [0.25, 0.3) is 0 Å². The fourth-order valence-electron chi connectivity index (χ4n) is 1.30. The van der Waals surface area contributed by atoms with Crippen molar-refractivity contribution >= 4 is 0 Å². The van der Waals surface area contributed by atoms with Crippen LogP contribution in [0.5, 0.6) is 0 Å². The molecule has 0 radical (unpaired) electrons. The second kappa shape index (κ2) is 4.73. The van der Waals surface area contributed by atoms with Crippen molar-refractivity contribution in [2.75, 3.05) is 6.54 Å². The van der Waals surface area contributed by atoms with Crippen LogP contribution in [0.3, 0.4) is 0 Å². The quantitative estimate of drug-likeness (QED) is 0.674. The van der Waals surface area contributed by atoms with Crippen molar-refractivity contribution in [1.29, 1.82) is 0 Å². The topological polar surface area (TPSA) is 26.0 Å². The summed E-state index contributed by atoms with van der Waals surface area (Å²) in [5, 5.41) is 0. The van der Waals surface area contributed by atoms with Gasteiger partial charge in [-0.1, -0.05) is 36.4 Å². The minimum atomic E-state index is 0.413. The van der Waals surface area contributed by atoms with E-state index in [1.165, 1.54) is 5.56 Å². The van der Waals surface area contributed by atoms with E-state index in [1.807, 2.05) is 24.3 Å². The van der Waals surface area contributed by atoms with Gasteiger partial charge in [0.05, 0.1) is 0 Å². The van der Waals surface area contributed by atoms with E-state index in [4.69, 9.17) is 5.73 Å². The summed E-state index contributed by atoms with van der Waals surface area (Å²) in [6.45, 7) is 4.51. The molecule has 1 heteroatoms. The number of rotatable bonds is 4. The Bertz CT molecular complexity index is 228. The zero-order valence-electron chi connectivity index (χ0n) is 7.24. The SMILES string of the molecule is C=CC(CCN)c1ccccc1. The first-order valence-electron chi connectivity index (χ1n) is 4.26. The second-order valence-corrected chi connectivity index (χ2v) is 2.83. The van der Waals surface area contributed by atoms with Gasteiger partial charge in [0.25, 0.3) is 0 Å². The monoisotopic (exact) mass is 161 g/mol. The van der Waals surface area contributed by atoms with Gasteiger partial charge in [0.2, 0.25) is 0 Å². The highest BCUT2D eigenvalue weighted by Gasteiger charge is 2.03. The highest BCUT2D eigenvalue weighted by molar-refractivity contribution is 5.22. The maximum atomic E-state index is 5.49. The molecule has 0 saturated heterocycles. The van der Waals surface area contributed by atoms with Crippen LogP contribution in [0.15, 0.2) is 43.0 Å². The maximum absolute atomic E-state index is 5.49. The van der Waals surface area contributed by atoms with Crippen molar-refractivity contribution in [1.82, 2.24) is 0 Å². The van der Waals surface area contributed by atoms with Crippen LogP contribution in [0.4, 0.5) is 0 Å². The lowest BCUT2D eigenvalue weighted by Gasteiger charge is -2.10. The maximum Gasteiger partial charge on any atom is 0.00272 e. The second-order valence-electron chi connectivity index (χ2n) is 2.83. The zero-order valence-corrected chi connectivity index (χ0v) is 7.24. The third kappa shape index (κ3) is 2.21. The summed E-state index contributed by atoms with van der Waals surface area (Å²) in [6.07, 6.45) is 2.94. The number of allylic oxidation sites excluding steroid dienone is 1. The first-order chi connectivity index (χ1) is 5.88. The molecule has 0 saturated carbocycles. The molecular formula is C11H15N. The predicted octanol–water partition coefficient (Wildman–Crippen LogP) is 2.31. The predicted molar refractivity (Wildman–Crippen MR) is 53.1 cm³/mol. The van der Waals surface area contributed by atoms with Crippen LogP contribution in [0, 0.1) is 0 Å². The van der Waals surface area contributed by atoms with Crippen molar-refractivity contribution in [2.45, 2.75) is 12.3 Å². The Labute approximate surface area is 73.9 Å². The minimum absolute atomic E-state index is 0.413. The summed E-state index contributed by atoms with van der Waals surface area (Å²) >= 11 is 0. The van der Waals surface area contributed by atoms with E-state index in [2.05, 4.69) is 18.7 Å². The van der Waals surface area contributed by atoms with Gasteiger partial charge in [-0.05, 0) is 18.5 Å². The Hall–Kier alpha value is -1.08. The highest BCUT2D eigenvalue weighted by Crippen LogP contribution is 2.18. The highest BCUT2D eigenvalue weighted by atomic mass is 14.5. The van der Waals surface area contributed by atoms with Gasteiger partial charge in [-0.15, -0.1) is 6.58 Å². The molecule has 0 aliphatic carbocycles. The molecule has 1 rings (SSSR count). The molecule has 12 heavy (non-hydrogen) atoms. The molecule has 0 amide bonds. The number of benzene rings is 1. The van der Waals surface area contributed by atoms with E-state index >= 15 is 0 Å². The average Bonchev–Trinajstić information content (AvgIpc) is 2.15. The van der Waals surface area contributed by atoms with Crippen LogP contribution in [-0.2, 0) is 0 Å². The number of hydrogen-bond donors (Lipinski definition) is 1. The summed E-state index contributed by atoms with van der Waals surface area (Å²) in [7, 11) is 0. The van der Waals surface area contributed by atoms with Crippen LogP contribution in [-0.4, -0.2) is 6.54 Å². The molecule has 0 heterocycles. The largest absolute Gasteiger partial charge is 0.330 e. The molecule has 0 fully saturated rings. The summed E-state index contributed by atoms with van der Waals surface area (Å²) in [5.74, 6) is 0.413. The molecule has 1 aromatic carbocycles. The van der Waals surface area contributed by atoms with E-state index < -0.39 is 0 Å². The molecule has 1 nitrogen and oxygen atoms in total. The van der Waals surface area contributed by atoms with Gasteiger partial charge in [0.1, 0.15) is 0 Å². The minimum Gasteiger partial charge on any atom is -0.330 e. The summed E-state index contributed by atoms with van der Waals surface area (Å²) in [6, 6.07) is 10.3. The van der Waals surface area contributed by atoms with Gasteiger partial charge in [0, 0.05) is 5.92 Å². The van der Waals surface area contributed by atoms with Crippen LogP contribution in [0.2, 0.25) is 0 Å². The van der Waals surface area contributed by atoms with Crippen LogP contribution in [0.1, 0.15) is 17.9 Å². The Morgan fingerprint density at radius 2 is 2.00 bits per heavy atom. The molecule has 2 N–H and O–H groups in total. The average molecular weight is 161 g/mol. The van der Waals surface area contributed by atoms with Crippen molar-refractivity contribution < 1.29 is 0 Å². The van der Waals surface area contributed by atoms with Crippen molar-refractivity contribution in [3.8, 4) is 0 Å². The Morgan fingerprint density at radius 1 is 1.33 bits per heavy atom. The first-order valence-corrected chi connectivity index (χ1v) is 4.26. The zero-order chi connectivity index (χ0) is 8.81. The summed E-state index contributed by atoms with van der Waals surface area (Å²) in [4.78, 5) is 0. The molecule has 1 unspecified atom stereocenters. The standard InChI is InChI=1S/C11H15N/c1-2-10(8-9-12)11-6-4-3-5-7-11/h2-7,10H,1,8-9,12H2. The van der Waals surface area contributed by atoms with Crippen molar-refractivity contribution in [3.63, 3.8) is 0 Å². The lowest BCUT2D eigenvalue weighted by Crippen LogP contribution is -2.05. The molecule has 0 aliphatic heterocycles. The molecule has 0 bridgehead atoms. The van der Waals surface area contributed by atoms with E-state index in [0.29, 0.717) is 12.5 Å². The van der Waals surface area contributed by atoms with Gasteiger partial charge in [0.15, 0.2) is 0 Å². The molecular weight excluding hydrogens is 146 g/mol. The van der Waals surface area contributed by atoms with E-state index in [9.17, 15) is 0 Å².